The summed E-state index contributed by atoms with van der Waals surface area (Å²) in [7, 11) is 0. The molecular formula is C31H24N4. The lowest BCUT2D eigenvalue weighted by Crippen LogP contribution is -1.95. The molecule has 0 atom stereocenters. The number of fused-ring (bicyclic) bond motifs is 6. The molecule has 0 amide bonds. The zero-order valence-corrected chi connectivity index (χ0v) is 19.7. The summed E-state index contributed by atoms with van der Waals surface area (Å²) >= 11 is 0. The molecule has 168 valence electrons. The van der Waals surface area contributed by atoms with Crippen LogP contribution in [0.15, 0.2) is 97.2 Å². The molecule has 0 aliphatic heterocycles. The van der Waals surface area contributed by atoms with E-state index in [1.54, 1.807) is 0 Å². The van der Waals surface area contributed by atoms with Crippen LogP contribution in [0.5, 0.6) is 0 Å². The van der Waals surface area contributed by atoms with Crippen molar-refractivity contribution in [2.45, 2.75) is 20.3 Å². The predicted octanol–water partition coefficient (Wildman–Crippen LogP) is 7.52. The highest BCUT2D eigenvalue weighted by Crippen LogP contribution is 2.34. The van der Waals surface area contributed by atoms with Crippen LogP contribution in [0.2, 0.25) is 0 Å². The van der Waals surface area contributed by atoms with E-state index in [9.17, 15) is 0 Å². The molecule has 0 saturated heterocycles. The Morgan fingerprint density at radius 2 is 1.49 bits per heavy atom. The second kappa shape index (κ2) is 7.54. The van der Waals surface area contributed by atoms with Crippen LogP contribution in [0.25, 0.3) is 55.3 Å². The molecule has 7 aromatic rings. The van der Waals surface area contributed by atoms with Gasteiger partial charge in [0, 0.05) is 33.6 Å². The number of rotatable bonds is 3. The van der Waals surface area contributed by atoms with E-state index in [0.29, 0.717) is 0 Å². The fourth-order valence-corrected chi connectivity index (χ4v) is 5.26. The van der Waals surface area contributed by atoms with Gasteiger partial charge in [0.05, 0.1) is 11.0 Å². The molecule has 35 heavy (non-hydrogen) atoms. The molecule has 0 N–H and O–H groups in total. The monoisotopic (exact) mass is 452 g/mol. The molecule has 0 unspecified atom stereocenters. The van der Waals surface area contributed by atoms with Crippen molar-refractivity contribution in [2.75, 3.05) is 0 Å². The van der Waals surface area contributed by atoms with E-state index in [1.807, 2.05) is 12.1 Å². The fraction of sp³-hybridized carbons (Fsp3) is 0.0968. The van der Waals surface area contributed by atoms with Crippen molar-refractivity contribution >= 4 is 38.2 Å². The van der Waals surface area contributed by atoms with E-state index in [4.69, 9.17) is 0 Å². The van der Waals surface area contributed by atoms with Crippen LogP contribution in [0.4, 0.5) is 0 Å². The molecule has 0 saturated carbocycles. The molecule has 0 bridgehead atoms. The van der Waals surface area contributed by atoms with Gasteiger partial charge in [0.2, 0.25) is 0 Å². The van der Waals surface area contributed by atoms with Crippen LogP contribution in [0.1, 0.15) is 18.1 Å². The predicted molar refractivity (Wildman–Crippen MR) is 144 cm³/mol. The molecule has 0 aliphatic carbocycles. The van der Waals surface area contributed by atoms with E-state index >= 15 is 0 Å². The van der Waals surface area contributed by atoms with E-state index in [1.165, 1.54) is 38.3 Å². The summed E-state index contributed by atoms with van der Waals surface area (Å²) in [6.07, 6.45) is 3.09. The van der Waals surface area contributed by atoms with Crippen LogP contribution in [-0.2, 0) is 6.42 Å². The minimum absolute atomic E-state index is 0.850. The van der Waals surface area contributed by atoms with Gasteiger partial charge < -0.3 is 4.57 Å². The maximum Gasteiger partial charge on any atom is 0.168 e. The van der Waals surface area contributed by atoms with Gasteiger partial charge in [-0.2, -0.15) is 0 Å². The fourth-order valence-electron chi connectivity index (χ4n) is 5.26. The van der Waals surface area contributed by atoms with E-state index in [2.05, 4.69) is 118 Å². The van der Waals surface area contributed by atoms with Crippen LogP contribution >= 0.6 is 0 Å². The van der Waals surface area contributed by atoms with Crippen LogP contribution in [-0.4, -0.2) is 19.2 Å². The van der Waals surface area contributed by atoms with Crippen LogP contribution in [0.3, 0.4) is 0 Å². The molecule has 7 rings (SSSR count). The SMILES string of the molecule is CCc1ccc2c(c1)c1cc(C)ccc1n2-c1ccc(-c2nnc3c4ccccc4ccn23)cc1. The van der Waals surface area contributed by atoms with Crippen molar-refractivity contribution in [2.24, 2.45) is 0 Å². The summed E-state index contributed by atoms with van der Waals surface area (Å²) in [4.78, 5) is 0. The normalized spacial score (nSPS) is 11.8. The molecule has 4 nitrogen and oxygen atoms in total. The first-order valence-corrected chi connectivity index (χ1v) is 12.1. The Kier molecular flexibility index (Phi) is 4.30. The maximum atomic E-state index is 4.54. The summed E-state index contributed by atoms with van der Waals surface area (Å²) in [5.41, 5.74) is 8.16. The third-order valence-corrected chi connectivity index (χ3v) is 7.08. The molecule has 0 aliphatic rings. The highest BCUT2D eigenvalue weighted by atomic mass is 15.2. The van der Waals surface area contributed by atoms with Gasteiger partial charge in [-0.3, -0.25) is 4.40 Å². The Balaban J connectivity index is 1.39. The highest BCUT2D eigenvalue weighted by Gasteiger charge is 2.15. The molecule has 0 radical (unpaired) electrons. The molecule has 0 fully saturated rings. The Morgan fingerprint density at radius 3 is 2.31 bits per heavy atom. The quantitative estimate of drug-likeness (QED) is 0.278. The summed E-state index contributed by atoms with van der Waals surface area (Å²) < 4.78 is 4.44. The lowest BCUT2D eigenvalue weighted by Gasteiger charge is -2.09. The van der Waals surface area contributed by atoms with Gasteiger partial charge in [0.1, 0.15) is 0 Å². The van der Waals surface area contributed by atoms with E-state index < -0.39 is 0 Å². The Bertz CT molecular complexity index is 1890. The zero-order valence-electron chi connectivity index (χ0n) is 19.7. The highest BCUT2D eigenvalue weighted by molar-refractivity contribution is 6.09. The molecular weight excluding hydrogens is 428 g/mol. The molecule has 4 heteroatoms. The first-order valence-electron chi connectivity index (χ1n) is 12.1. The van der Waals surface area contributed by atoms with E-state index in [0.717, 1.165) is 34.5 Å². The number of hydrogen-bond donors (Lipinski definition) is 0. The Labute approximate surface area is 203 Å². The van der Waals surface area contributed by atoms with Gasteiger partial charge in [-0.1, -0.05) is 48.9 Å². The minimum Gasteiger partial charge on any atom is -0.309 e. The minimum atomic E-state index is 0.850. The van der Waals surface area contributed by atoms with E-state index in [-0.39, 0.29) is 0 Å². The lowest BCUT2D eigenvalue weighted by atomic mass is 10.1. The summed E-state index contributed by atoms with van der Waals surface area (Å²) in [5, 5.41) is 13.9. The molecule has 4 aromatic carbocycles. The van der Waals surface area contributed by atoms with Gasteiger partial charge in [-0.05, 0) is 78.9 Å². The van der Waals surface area contributed by atoms with Gasteiger partial charge in [0.15, 0.2) is 11.5 Å². The second-order valence-electron chi connectivity index (χ2n) is 9.23. The summed E-state index contributed by atoms with van der Waals surface area (Å²) in [6.45, 7) is 4.37. The average molecular weight is 453 g/mol. The molecule has 3 aromatic heterocycles. The number of aryl methyl sites for hydroxylation is 2. The Hall–Kier alpha value is -4.44. The number of pyridine rings is 1. The van der Waals surface area contributed by atoms with Crippen molar-refractivity contribution in [3.8, 4) is 17.1 Å². The van der Waals surface area contributed by atoms with Crippen LogP contribution in [0, 0.1) is 6.92 Å². The number of hydrogen-bond acceptors (Lipinski definition) is 2. The summed E-state index contributed by atoms with van der Waals surface area (Å²) in [6, 6.07) is 32.7. The lowest BCUT2D eigenvalue weighted by molar-refractivity contribution is 1.11. The third-order valence-electron chi connectivity index (χ3n) is 7.08. The van der Waals surface area contributed by atoms with Gasteiger partial charge in [-0.15, -0.1) is 10.2 Å². The van der Waals surface area contributed by atoms with Crippen molar-refractivity contribution in [3.05, 3.63) is 108 Å². The maximum absolute atomic E-state index is 4.54. The largest absolute Gasteiger partial charge is 0.309 e. The number of benzene rings is 4. The van der Waals surface area contributed by atoms with Crippen molar-refractivity contribution in [1.29, 1.82) is 0 Å². The van der Waals surface area contributed by atoms with Crippen molar-refractivity contribution in [3.63, 3.8) is 0 Å². The average Bonchev–Trinajstić information content (AvgIpc) is 3.48. The first-order chi connectivity index (χ1) is 17.2. The van der Waals surface area contributed by atoms with Gasteiger partial charge >= 0.3 is 0 Å². The van der Waals surface area contributed by atoms with Crippen molar-refractivity contribution < 1.29 is 0 Å². The number of aromatic nitrogens is 4. The standard InChI is InChI=1S/C31H24N4/c1-3-21-9-15-29-27(19-21)26-18-20(2)8-14-28(26)35(29)24-12-10-23(11-13-24)30-32-33-31-25-7-5-4-6-22(25)16-17-34(30)31/h4-19H,3H2,1-2H3. The third kappa shape index (κ3) is 3.00. The molecule has 0 spiro atoms. The second-order valence-corrected chi connectivity index (χ2v) is 9.23. The van der Waals surface area contributed by atoms with Crippen LogP contribution < -0.4 is 0 Å². The molecule has 3 heterocycles. The smallest absolute Gasteiger partial charge is 0.168 e. The first kappa shape index (κ1) is 20.0. The zero-order chi connectivity index (χ0) is 23.5. The van der Waals surface area contributed by atoms with Gasteiger partial charge in [0.25, 0.3) is 0 Å². The number of nitrogens with zero attached hydrogens (tertiary/aromatic N) is 4. The summed E-state index contributed by atoms with van der Waals surface area (Å²) in [5.74, 6) is 0.850. The van der Waals surface area contributed by atoms with Gasteiger partial charge in [-0.25, -0.2) is 0 Å². The Morgan fingerprint density at radius 1 is 0.714 bits per heavy atom. The van der Waals surface area contributed by atoms with Crippen molar-refractivity contribution in [1.82, 2.24) is 19.2 Å². The topological polar surface area (TPSA) is 35.1 Å².